The minimum absolute atomic E-state index is 0.264. The van der Waals surface area contributed by atoms with Crippen molar-refractivity contribution in [2.75, 3.05) is 62.3 Å². The van der Waals surface area contributed by atoms with Gasteiger partial charge in [-0.1, -0.05) is 6.92 Å². The smallest absolute Gasteiger partial charge is 0.227 e. The van der Waals surface area contributed by atoms with Crippen LogP contribution in [0.2, 0.25) is 0 Å². The number of morpholine rings is 1. The number of likely N-dealkylation sites (tertiary alicyclic amines) is 1. The Morgan fingerprint density at radius 2 is 1.96 bits per heavy atom. The third-order valence-corrected chi connectivity index (χ3v) is 5.01. The quantitative estimate of drug-likeness (QED) is 0.803. The van der Waals surface area contributed by atoms with E-state index in [0.717, 1.165) is 64.2 Å². The molecule has 3 aliphatic rings. The van der Waals surface area contributed by atoms with Crippen LogP contribution in [0.3, 0.4) is 0 Å². The van der Waals surface area contributed by atoms with E-state index in [0.29, 0.717) is 6.42 Å². The summed E-state index contributed by atoms with van der Waals surface area (Å²) in [7, 11) is 0. The molecule has 0 atom stereocenters. The van der Waals surface area contributed by atoms with Crippen LogP contribution in [0.4, 0.5) is 11.8 Å². The summed E-state index contributed by atoms with van der Waals surface area (Å²) in [4.78, 5) is 27.2. The van der Waals surface area contributed by atoms with Gasteiger partial charge in [-0.25, -0.2) is 4.98 Å². The zero-order valence-corrected chi connectivity index (χ0v) is 13.6. The van der Waals surface area contributed by atoms with Crippen molar-refractivity contribution in [2.45, 2.75) is 13.3 Å². The Hall–Kier alpha value is -1.89. The number of hydrogen-bond acceptors (Lipinski definition) is 6. The van der Waals surface area contributed by atoms with Crippen LogP contribution in [0.5, 0.6) is 0 Å². The number of anilines is 2. The third-order valence-electron chi connectivity index (χ3n) is 5.01. The zero-order chi connectivity index (χ0) is 15.9. The molecule has 1 aromatic rings. The van der Waals surface area contributed by atoms with Gasteiger partial charge in [0.05, 0.1) is 13.2 Å². The Kier molecular flexibility index (Phi) is 3.60. The Bertz CT molecular complexity index is 588. The molecule has 0 unspecified atom stereocenters. The highest BCUT2D eigenvalue weighted by Gasteiger charge is 2.53. The molecule has 0 saturated carbocycles. The van der Waals surface area contributed by atoms with Crippen LogP contribution in [0, 0.1) is 5.41 Å². The average Bonchev–Trinajstić information content (AvgIpc) is 2.53. The van der Waals surface area contributed by atoms with Crippen molar-refractivity contribution in [3.05, 3.63) is 12.3 Å². The van der Waals surface area contributed by atoms with E-state index < -0.39 is 0 Å². The van der Waals surface area contributed by atoms with Gasteiger partial charge < -0.3 is 19.4 Å². The van der Waals surface area contributed by atoms with E-state index in [9.17, 15) is 4.79 Å². The lowest BCUT2D eigenvalue weighted by molar-refractivity contribution is -0.144. The van der Waals surface area contributed by atoms with Crippen molar-refractivity contribution >= 4 is 17.7 Å². The summed E-state index contributed by atoms with van der Waals surface area (Å²) < 4.78 is 5.39. The molecule has 4 rings (SSSR count). The molecule has 1 spiro atoms. The molecule has 1 aromatic heterocycles. The number of rotatable bonds is 3. The second-order valence-corrected chi connectivity index (χ2v) is 6.77. The van der Waals surface area contributed by atoms with Gasteiger partial charge in [0.1, 0.15) is 5.82 Å². The average molecular weight is 317 g/mol. The SMILES string of the molecule is CCC(=O)N1CC2(C1)CN(c1nccc(N3CCOCC3)n1)C2. The van der Waals surface area contributed by atoms with E-state index >= 15 is 0 Å². The Balaban J connectivity index is 1.37. The van der Waals surface area contributed by atoms with E-state index in [1.165, 1.54) is 0 Å². The molecule has 23 heavy (non-hydrogen) atoms. The minimum atomic E-state index is 0.264. The Labute approximate surface area is 136 Å². The van der Waals surface area contributed by atoms with Gasteiger partial charge >= 0.3 is 0 Å². The second-order valence-electron chi connectivity index (χ2n) is 6.77. The van der Waals surface area contributed by atoms with Crippen molar-refractivity contribution in [3.8, 4) is 0 Å². The zero-order valence-electron chi connectivity index (χ0n) is 13.6. The summed E-state index contributed by atoms with van der Waals surface area (Å²) >= 11 is 0. The predicted molar refractivity (Wildman–Crippen MR) is 86.6 cm³/mol. The maximum absolute atomic E-state index is 11.7. The van der Waals surface area contributed by atoms with Crippen LogP contribution >= 0.6 is 0 Å². The molecule has 3 fully saturated rings. The summed E-state index contributed by atoms with van der Waals surface area (Å²) in [6.07, 6.45) is 2.44. The summed E-state index contributed by atoms with van der Waals surface area (Å²) in [6, 6.07) is 1.97. The summed E-state index contributed by atoms with van der Waals surface area (Å²) in [5.74, 6) is 2.05. The fraction of sp³-hybridized carbons (Fsp3) is 0.688. The normalized spacial score (nSPS) is 22.7. The molecule has 0 radical (unpaired) electrons. The fourth-order valence-electron chi connectivity index (χ4n) is 3.73. The summed E-state index contributed by atoms with van der Waals surface area (Å²) in [6.45, 7) is 8.88. The molecular formula is C16H23N5O2. The predicted octanol–water partition coefficient (Wildman–Crippen LogP) is 0.372. The van der Waals surface area contributed by atoms with Gasteiger partial charge in [-0.15, -0.1) is 0 Å². The number of carbonyl (C=O) groups excluding carboxylic acids is 1. The minimum Gasteiger partial charge on any atom is -0.378 e. The van der Waals surface area contributed by atoms with Gasteiger partial charge in [-0.2, -0.15) is 4.98 Å². The van der Waals surface area contributed by atoms with Crippen LogP contribution in [-0.4, -0.2) is 73.3 Å². The first-order valence-corrected chi connectivity index (χ1v) is 8.38. The lowest BCUT2D eigenvalue weighted by atomic mass is 9.73. The van der Waals surface area contributed by atoms with Gasteiger partial charge in [0.25, 0.3) is 0 Å². The maximum Gasteiger partial charge on any atom is 0.227 e. The number of hydrogen-bond donors (Lipinski definition) is 0. The standard InChI is InChI=1S/C16H23N5O2/c1-2-14(22)20-9-16(10-20)11-21(12-16)15-17-4-3-13(18-15)19-5-7-23-8-6-19/h3-4H,2,5-12H2,1H3. The second kappa shape index (κ2) is 5.63. The first kappa shape index (κ1) is 14.7. The molecule has 0 aromatic carbocycles. The number of aromatic nitrogens is 2. The van der Waals surface area contributed by atoms with E-state index in [1.807, 2.05) is 24.1 Å². The molecule has 7 heteroatoms. The van der Waals surface area contributed by atoms with Gasteiger partial charge in [0, 0.05) is 57.3 Å². The molecule has 0 bridgehead atoms. The number of carbonyl (C=O) groups is 1. The van der Waals surface area contributed by atoms with Gasteiger partial charge in [-0.3, -0.25) is 4.79 Å². The van der Waals surface area contributed by atoms with Crippen molar-refractivity contribution in [2.24, 2.45) is 5.41 Å². The van der Waals surface area contributed by atoms with Gasteiger partial charge in [0.2, 0.25) is 11.9 Å². The number of amides is 1. The van der Waals surface area contributed by atoms with E-state index in [2.05, 4.69) is 14.8 Å². The van der Waals surface area contributed by atoms with Crippen molar-refractivity contribution in [1.82, 2.24) is 14.9 Å². The van der Waals surface area contributed by atoms with Crippen LogP contribution in [0.15, 0.2) is 12.3 Å². The van der Waals surface area contributed by atoms with Crippen LogP contribution in [-0.2, 0) is 9.53 Å². The summed E-state index contributed by atoms with van der Waals surface area (Å²) in [5, 5.41) is 0. The molecule has 0 N–H and O–H groups in total. The van der Waals surface area contributed by atoms with Crippen molar-refractivity contribution in [1.29, 1.82) is 0 Å². The lowest BCUT2D eigenvalue weighted by Crippen LogP contribution is -2.73. The van der Waals surface area contributed by atoms with E-state index in [4.69, 9.17) is 9.72 Å². The first-order valence-electron chi connectivity index (χ1n) is 8.38. The largest absolute Gasteiger partial charge is 0.378 e. The van der Waals surface area contributed by atoms with Crippen LogP contribution in [0.25, 0.3) is 0 Å². The van der Waals surface area contributed by atoms with E-state index in [1.54, 1.807) is 0 Å². The molecule has 7 nitrogen and oxygen atoms in total. The highest BCUT2D eigenvalue weighted by molar-refractivity contribution is 5.77. The monoisotopic (exact) mass is 317 g/mol. The molecular weight excluding hydrogens is 294 g/mol. The molecule has 1 amide bonds. The summed E-state index contributed by atoms with van der Waals surface area (Å²) in [5.41, 5.74) is 0.281. The van der Waals surface area contributed by atoms with Gasteiger partial charge in [-0.05, 0) is 6.07 Å². The highest BCUT2D eigenvalue weighted by Crippen LogP contribution is 2.41. The highest BCUT2D eigenvalue weighted by atomic mass is 16.5. The molecule has 124 valence electrons. The Morgan fingerprint density at radius 3 is 2.65 bits per heavy atom. The van der Waals surface area contributed by atoms with Gasteiger partial charge in [0.15, 0.2) is 0 Å². The van der Waals surface area contributed by atoms with Crippen LogP contribution in [0.1, 0.15) is 13.3 Å². The molecule has 4 heterocycles. The third kappa shape index (κ3) is 2.63. The number of nitrogens with zero attached hydrogens (tertiary/aromatic N) is 5. The maximum atomic E-state index is 11.7. The van der Waals surface area contributed by atoms with E-state index in [-0.39, 0.29) is 11.3 Å². The Morgan fingerprint density at radius 1 is 1.22 bits per heavy atom. The first-order chi connectivity index (χ1) is 11.2. The topological polar surface area (TPSA) is 61.8 Å². The molecule has 3 aliphatic heterocycles. The molecule has 3 saturated heterocycles. The van der Waals surface area contributed by atoms with Crippen LogP contribution < -0.4 is 9.80 Å². The lowest BCUT2D eigenvalue weighted by Gasteiger charge is -2.60. The van der Waals surface area contributed by atoms with Crippen molar-refractivity contribution < 1.29 is 9.53 Å². The fourth-order valence-corrected chi connectivity index (χ4v) is 3.73. The molecule has 0 aliphatic carbocycles. The van der Waals surface area contributed by atoms with Crippen molar-refractivity contribution in [3.63, 3.8) is 0 Å². The number of ether oxygens (including phenoxy) is 1.